The molecule has 0 bridgehead atoms. The summed E-state index contributed by atoms with van der Waals surface area (Å²) in [7, 11) is 0. The molecule has 0 spiro atoms. The summed E-state index contributed by atoms with van der Waals surface area (Å²) in [5.41, 5.74) is 0.317. The predicted octanol–water partition coefficient (Wildman–Crippen LogP) is 3.34. The maximum Gasteiger partial charge on any atom is 0.258 e. The average Bonchev–Trinajstić information content (AvgIpc) is 2.67. The summed E-state index contributed by atoms with van der Waals surface area (Å²) in [5.74, 6) is -3.36. The van der Waals surface area contributed by atoms with Gasteiger partial charge in [-0.3, -0.25) is 14.4 Å². The molecule has 0 aliphatic rings. The summed E-state index contributed by atoms with van der Waals surface area (Å²) >= 11 is 5.87. The number of nitrogens with one attached hydrogen (secondary N) is 2. The Morgan fingerprint density at radius 2 is 1.79 bits per heavy atom. The van der Waals surface area contributed by atoms with Crippen molar-refractivity contribution in [2.24, 2.45) is 0 Å². The van der Waals surface area contributed by atoms with Gasteiger partial charge >= 0.3 is 0 Å². The van der Waals surface area contributed by atoms with Crippen LogP contribution in [0.4, 0.5) is 14.5 Å². The quantitative estimate of drug-likeness (QED) is 0.654. The Morgan fingerprint density at radius 3 is 2.46 bits per heavy atom. The minimum Gasteiger partial charge on any atom is -0.483 e. The SMILES string of the molecule is CCC(=O)c1cc(Cl)ccc1OCC(=O)NCC(=O)Nc1ccc(F)c(F)c1. The number of halogens is 3. The summed E-state index contributed by atoms with van der Waals surface area (Å²) < 4.78 is 31.3. The highest BCUT2D eigenvalue weighted by Gasteiger charge is 2.14. The highest BCUT2D eigenvalue weighted by atomic mass is 35.5. The van der Waals surface area contributed by atoms with Crippen LogP contribution >= 0.6 is 11.6 Å². The second-order valence-electron chi connectivity index (χ2n) is 5.66. The molecule has 2 N–H and O–H groups in total. The maximum atomic E-state index is 13.1. The highest BCUT2D eigenvalue weighted by Crippen LogP contribution is 2.24. The first-order valence-electron chi connectivity index (χ1n) is 8.27. The third kappa shape index (κ3) is 6.02. The maximum absolute atomic E-state index is 13.1. The van der Waals surface area contributed by atoms with Crippen LogP contribution in [0, 0.1) is 11.6 Å². The zero-order valence-corrected chi connectivity index (χ0v) is 15.6. The van der Waals surface area contributed by atoms with Crippen molar-refractivity contribution < 1.29 is 27.9 Å². The summed E-state index contributed by atoms with van der Waals surface area (Å²) in [6.07, 6.45) is 0.243. The van der Waals surface area contributed by atoms with Gasteiger partial charge < -0.3 is 15.4 Å². The van der Waals surface area contributed by atoms with E-state index in [1.165, 1.54) is 24.3 Å². The number of carbonyl (C=O) groups excluding carboxylic acids is 3. The third-order valence-electron chi connectivity index (χ3n) is 3.57. The van der Waals surface area contributed by atoms with Gasteiger partial charge in [-0.1, -0.05) is 18.5 Å². The monoisotopic (exact) mass is 410 g/mol. The van der Waals surface area contributed by atoms with Crippen molar-refractivity contribution in [2.45, 2.75) is 13.3 Å². The molecule has 0 aliphatic heterocycles. The summed E-state index contributed by atoms with van der Waals surface area (Å²) in [6.45, 7) is 0.859. The van der Waals surface area contributed by atoms with E-state index in [1.54, 1.807) is 6.92 Å². The number of hydrogen-bond acceptors (Lipinski definition) is 4. The number of Topliss-reactive ketones (excluding diaryl/α,β-unsaturated/α-hetero) is 1. The molecule has 148 valence electrons. The van der Waals surface area contributed by atoms with Crippen LogP contribution in [0.15, 0.2) is 36.4 Å². The molecule has 0 unspecified atom stereocenters. The van der Waals surface area contributed by atoms with Crippen LogP contribution in [0.3, 0.4) is 0 Å². The number of ether oxygens (including phenoxy) is 1. The van der Waals surface area contributed by atoms with E-state index in [9.17, 15) is 23.2 Å². The largest absolute Gasteiger partial charge is 0.483 e. The fourth-order valence-corrected chi connectivity index (χ4v) is 2.36. The van der Waals surface area contributed by atoms with Gasteiger partial charge in [0.25, 0.3) is 5.91 Å². The molecule has 0 atom stereocenters. The lowest BCUT2D eigenvalue weighted by Crippen LogP contribution is -2.35. The van der Waals surface area contributed by atoms with E-state index >= 15 is 0 Å². The molecule has 28 heavy (non-hydrogen) atoms. The zero-order chi connectivity index (χ0) is 20.7. The van der Waals surface area contributed by atoms with Crippen LogP contribution in [-0.4, -0.2) is 30.7 Å². The summed E-state index contributed by atoms with van der Waals surface area (Å²) in [5, 5.41) is 5.00. The van der Waals surface area contributed by atoms with E-state index in [0.29, 0.717) is 5.02 Å². The van der Waals surface area contributed by atoms with Gasteiger partial charge in [0, 0.05) is 23.2 Å². The van der Waals surface area contributed by atoms with Crippen molar-refractivity contribution in [3.63, 3.8) is 0 Å². The Balaban J connectivity index is 1.85. The Hall–Kier alpha value is -3.00. The molecule has 9 heteroatoms. The molecule has 0 saturated carbocycles. The summed E-state index contributed by atoms with van der Waals surface area (Å²) in [4.78, 5) is 35.5. The number of hydrogen-bond donors (Lipinski definition) is 2. The fourth-order valence-electron chi connectivity index (χ4n) is 2.19. The highest BCUT2D eigenvalue weighted by molar-refractivity contribution is 6.31. The first-order valence-corrected chi connectivity index (χ1v) is 8.65. The van der Waals surface area contributed by atoms with E-state index in [0.717, 1.165) is 12.1 Å². The molecule has 0 aliphatic carbocycles. The van der Waals surface area contributed by atoms with E-state index in [4.69, 9.17) is 16.3 Å². The number of carbonyl (C=O) groups is 3. The molecule has 2 aromatic rings. The molecule has 2 amide bonds. The lowest BCUT2D eigenvalue weighted by Gasteiger charge is -2.11. The Labute approximate surface area is 164 Å². The number of anilines is 1. The number of benzene rings is 2. The molecule has 2 rings (SSSR count). The van der Waals surface area contributed by atoms with Gasteiger partial charge in [-0.25, -0.2) is 8.78 Å². The first-order chi connectivity index (χ1) is 13.3. The Morgan fingerprint density at radius 1 is 1.04 bits per heavy atom. The smallest absolute Gasteiger partial charge is 0.258 e. The molecule has 0 radical (unpaired) electrons. The predicted molar refractivity (Wildman–Crippen MR) is 99.6 cm³/mol. The van der Waals surface area contributed by atoms with Gasteiger partial charge in [-0.05, 0) is 30.3 Å². The minimum absolute atomic E-state index is 0.0540. The average molecular weight is 411 g/mol. The molecular weight excluding hydrogens is 394 g/mol. The van der Waals surface area contributed by atoms with Crippen LogP contribution in [-0.2, 0) is 9.59 Å². The van der Waals surface area contributed by atoms with Crippen molar-refractivity contribution in [2.75, 3.05) is 18.5 Å². The second-order valence-corrected chi connectivity index (χ2v) is 6.10. The van der Waals surface area contributed by atoms with E-state index < -0.39 is 36.6 Å². The van der Waals surface area contributed by atoms with Gasteiger partial charge in [0.15, 0.2) is 24.0 Å². The Bertz CT molecular complexity index is 905. The van der Waals surface area contributed by atoms with Crippen molar-refractivity contribution in [1.82, 2.24) is 5.32 Å². The van der Waals surface area contributed by atoms with Crippen LogP contribution < -0.4 is 15.4 Å². The van der Waals surface area contributed by atoms with Gasteiger partial charge in [0.1, 0.15) is 5.75 Å². The number of amides is 2. The van der Waals surface area contributed by atoms with Crippen LogP contribution in [0.1, 0.15) is 23.7 Å². The van der Waals surface area contributed by atoms with Gasteiger partial charge in [0.2, 0.25) is 5.91 Å². The minimum atomic E-state index is -1.10. The zero-order valence-electron chi connectivity index (χ0n) is 14.9. The van der Waals surface area contributed by atoms with Crippen LogP contribution in [0.2, 0.25) is 5.02 Å². The van der Waals surface area contributed by atoms with Crippen molar-refractivity contribution in [1.29, 1.82) is 0 Å². The summed E-state index contributed by atoms with van der Waals surface area (Å²) in [6, 6.07) is 7.35. The standard InChI is InChI=1S/C19H17ClF2N2O4/c1-2-16(25)13-7-11(20)3-6-17(13)28-10-19(27)23-9-18(26)24-12-4-5-14(21)15(22)8-12/h3-8H,2,9-10H2,1H3,(H,23,27)(H,24,26). The topological polar surface area (TPSA) is 84.5 Å². The number of ketones is 1. The molecule has 0 saturated heterocycles. The molecule has 0 heterocycles. The van der Waals surface area contributed by atoms with E-state index in [-0.39, 0.29) is 29.2 Å². The van der Waals surface area contributed by atoms with Crippen molar-refractivity contribution >= 4 is 34.9 Å². The van der Waals surface area contributed by atoms with Gasteiger partial charge in [-0.2, -0.15) is 0 Å². The van der Waals surface area contributed by atoms with Crippen LogP contribution in [0.25, 0.3) is 0 Å². The molecule has 2 aromatic carbocycles. The first kappa shape index (κ1) is 21.3. The molecule has 0 aromatic heterocycles. The van der Waals surface area contributed by atoms with Crippen molar-refractivity contribution in [3.05, 3.63) is 58.6 Å². The normalized spacial score (nSPS) is 10.3. The van der Waals surface area contributed by atoms with Crippen LogP contribution in [0.5, 0.6) is 5.75 Å². The van der Waals surface area contributed by atoms with Gasteiger partial charge in [-0.15, -0.1) is 0 Å². The van der Waals surface area contributed by atoms with Gasteiger partial charge in [0.05, 0.1) is 12.1 Å². The van der Waals surface area contributed by atoms with Crippen molar-refractivity contribution in [3.8, 4) is 5.75 Å². The van der Waals surface area contributed by atoms with E-state index in [2.05, 4.69) is 10.6 Å². The molecular formula is C19H17ClF2N2O4. The lowest BCUT2D eigenvalue weighted by atomic mass is 10.1. The lowest BCUT2D eigenvalue weighted by molar-refractivity contribution is -0.125. The number of rotatable bonds is 8. The molecule has 6 nitrogen and oxygen atoms in total. The fraction of sp³-hybridized carbons (Fsp3) is 0.211. The second kappa shape index (κ2) is 9.80. The Kier molecular flexibility index (Phi) is 7.45. The molecule has 0 fully saturated rings. The van der Waals surface area contributed by atoms with E-state index in [1.807, 2.05) is 0 Å². The third-order valence-corrected chi connectivity index (χ3v) is 3.81.